The maximum atomic E-state index is 6.31. The summed E-state index contributed by atoms with van der Waals surface area (Å²) < 4.78 is 8.77. The molecule has 0 atom stereocenters. The van der Waals surface area contributed by atoms with Crippen LogP contribution in [0.25, 0.3) is 82.1 Å². The van der Waals surface area contributed by atoms with Crippen molar-refractivity contribution in [2.75, 3.05) is 0 Å². The molecule has 0 amide bonds. The molecule has 38 heavy (non-hydrogen) atoms. The molecule has 2 heteroatoms. The standard InChI is InChI=1S/C36H21NO/c1-2-9-22(10-3-1)23-19-20-25-24-11-4-5-15-29(24)37(31(25)21-23)30-16-6-12-26-27-13-7-17-32-35(27)36-28(34(26)30)14-8-18-33(36)38-32/h1-21H. The quantitative estimate of drug-likeness (QED) is 0.224. The highest BCUT2D eigenvalue weighted by Gasteiger charge is 2.21. The van der Waals surface area contributed by atoms with Crippen molar-refractivity contribution in [1.82, 2.24) is 4.57 Å². The summed E-state index contributed by atoms with van der Waals surface area (Å²) in [5, 5.41) is 9.93. The molecule has 0 radical (unpaired) electrons. The zero-order valence-electron chi connectivity index (χ0n) is 20.5. The average molecular weight is 484 g/mol. The third-order valence-corrected chi connectivity index (χ3v) is 8.15. The zero-order valence-corrected chi connectivity index (χ0v) is 20.5. The lowest BCUT2D eigenvalue weighted by atomic mass is 9.93. The van der Waals surface area contributed by atoms with Gasteiger partial charge in [-0.1, -0.05) is 97.1 Å². The highest BCUT2D eigenvalue weighted by atomic mass is 16.3. The van der Waals surface area contributed by atoms with Crippen LogP contribution >= 0.6 is 0 Å². The fourth-order valence-corrected chi connectivity index (χ4v) is 6.57. The minimum Gasteiger partial charge on any atom is -0.456 e. The number of aromatic nitrogens is 1. The first-order valence-corrected chi connectivity index (χ1v) is 13.0. The van der Waals surface area contributed by atoms with E-state index in [4.69, 9.17) is 4.42 Å². The van der Waals surface area contributed by atoms with E-state index in [1.165, 1.54) is 70.9 Å². The molecule has 7 aromatic carbocycles. The van der Waals surface area contributed by atoms with Gasteiger partial charge in [-0.15, -0.1) is 0 Å². The Morgan fingerprint density at radius 1 is 0.395 bits per heavy atom. The van der Waals surface area contributed by atoms with E-state index in [-0.39, 0.29) is 0 Å². The topological polar surface area (TPSA) is 18.1 Å². The first-order valence-electron chi connectivity index (χ1n) is 13.0. The SMILES string of the molecule is c1ccc(-c2ccc3c4ccccc4n(-c4cccc5c6cccc7oc8cccc(c45)c8c76)c3c2)cc1. The molecule has 176 valence electrons. The van der Waals surface area contributed by atoms with Gasteiger partial charge in [0, 0.05) is 26.9 Å². The number of fused-ring (bicyclic) bond motifs is 6. The van der Waals surface area contributed by atoms with Gasteiger partial charge in [-0.2, -0.15) is 0 Å². The Morgan fingerprint density at radius 3 is 1.87 bits per heavy atom. The maximum Gasteiger partial charge on any atom is 0.136 e. The molecule has 9 aromatic rings. The van der Waals surface area contributed by atoms with Crippen LogP contribution in [0.4, 0.5) is 0 Å². The van der Waals surface area contributed by atoms with Crippen molar-refractivity contribution in [2.24, 2.45) is 0 Å². The number of nitrogens with zero attached hydrogens (tertiary/aromatic N) is 1. The predicted molar refractivity (Wildman–Crippen MR) is 160 cm³/mol. The van der Waals surface area contributed by atoms with Crippen LogP contribution in [0.5, 0.6) is 0 Å². The van der Waals surface area contributed by atoms with Gasteiger partial charge in [-0.05, 0) is 57.6 Å². The molecular weight excluding hydrogens is 462 g/mol. The van der Waals surface area contributed by atoms with Crippen LogP contribution in [-0.2, 0) is 0 Å². The summed E-state index contributed by atoms with van der Waals surface area (Å²) in [7, 11) is 0. The summed E-state index contributed by atoms with van der Waals surface area (Å²) in [6, 6.07) is 45.8. The van der Waals surface area contributed by atoms with Gasteiger partial charge in [0.15, 0.2) is 0 Å². The van der Waals surface area contributed by atoms with E-state index in [0.29, 0.717) is 0 Å². The van der Waals surface area contributed by atoms with Crippen molar-refractivity contribution < 1.29 is 4.42 Å². The fraction of sp³-hybridized carbons (Fsp3) is 0. The van der Waals surface area contributed by atoms with E-state index < -0.39 is 0 Å². The number of furan rings is 1. The van der Waals surface area contributed by atoms with Gasteiger partial charge >= 0.3 is 0 Å². The summed E-state index contributed by atoms with van der Waals surface area (Å²) in [6.45, 7) is 0. The number of para-hydroxylation sites is 1. The fourth-order valence-electron chi connectivity index (χ4n) is 6.57. The minimum absolute atomic E-state index is 0.944. The molecule has 0 unspecified atom stereocenters. The van der Waals surface area contributed by atoms with Crippen LogP contribution in [0, 0.1) is 0 Å². The second-order valence-electron chi connectivity index (χ2n) is 10.1. The molecule has 2 aromatic heterocycles. The smallest absolute Gasteiger partial charge is 0.136 e. The van der Waals surface area contributed by atoms with Gasteiger partial charge in [0.05, 0.1) is 16.7 Å². The maximum absolute atomic E-state index is 6.31. The Hall–Kier alpha value is -5.08. The molecule has 0 spiro atoms. The molecule has 2 nitrogen and oxygen atoms in total. The summed E-state index contributed by atoms with van der Waals surface area (Å²) >= 11 is 0. The molecule has 0 saturated carbocycles. The normalized spacial score (nSPS) is 12.2. The van der Waals surface area contributed by atoms with E-state index in [9.17, 15) is 0 Å². The molecular formula is C36H21NO. The van der Waals surface area contributed by atoms with Gasteiger partial charge in [-0.25, -0.2) is 0 Å². The second-order valence-corrected chi connectivity index (χ2v) is 10.1. The lowest BCUT2D eigenvalue weighted by molar-refractivity contribution is 0.669. The van der Waals surface area contributed by atoms with Crippen molar-refractivity contribution in [2.45, 2.75) is 0 Å². The number of benzene rings is 7. The van der Waals surface area contributed by atoms with Crippen molar-refractivity contribution in [3.63, 3.8) is 0 Å². The molecule has 0 aliphatic heterocycles. The summed E-state index contributed by atoms with van der Waals surface area (Å²) in [5.41, 5.74) is 7.95. The van der Waals surface area contributed by atoms with Crippen LogP contribution < -0.4 is 0 Å². The molecule has 0 aliphatic carbocycles. The molecule has 0 bridgehead atoms. The number of hydrogen-bond donors (Lipinski definition) is 0. The first kappa shape index (κ1) is 20.0. The molecule has 0 N–H and O–H groups in total. The Morgan fingerprint density at radius 2 is 1.03 bits per heavy atom. The first-order chi connectivity index (χ1) is 18.9. The van der Waals surface area contributed by atoms with E-state index in [1.807, 2.05) is 0 Å². The number of rotatable bonds is 2. The van der Waals surface area contributed by atoms with Gasteiger partial charge < -0.3 is 8.98 Å². The Balaban J connectivity index is 1.50. The predicted octanol–water partition coefficient (Wildman–Crippen LogP) is 10.1. The Bertz CT molecular complexity index is 2340. The third kappa shape index (κ3) is 2.51. The number of hydrogen-bond acceptors (Lipinski definition) is 1. The third-order valence-electron chi connectivity index (χ3n) is 8.15. The molecule has 0 aliphatic rings. The van der Waals surface area contributed by atoms with Crippen molar-refractivity contribution in [1.29, 1.82) is 0 Å². The average Bonchev–Trinajstić information content (AvgIpc) is 3.53. The lowest BCUT2D eigenvalue weighted by Crippen LogP contribution is -1.96. The van der Waals surface area contributed by atoms with Crippen molar-refractivity contribution in [3.8, 4) is 16.8 Å². The van der Waals surface area contributed by atoms with E-state index >= 15 is 0 Å². The molecule has 0 fully saturated rings. The summed E-state index contributed by atoms with van der Waals surface area (Å²) in [6.07, 6.45) is 0. The van der Waals surface area contributed by atoms with Crippen LogP contribution in [0.15, 0.2) is 132 Å². The monoisotopic (exact) mass is 483 g/mol. The van der Waals surface area contributed by atoms with Gasteiger partial charge in [0.2, 0.25) is 0 Å². The lowest BCUT2D eigenvalue weighted by Gasteiger charge is -2.15. The van der Waals surface area contributed by atoms with E-state index in [0.717, 1.165) is 11.2 Å². The zero-order chi connectivity index (χ0) is 24.8. The van der Waals surface area contributed by atoms with Crippen LogP contribution in [0.3, 0.4) is 0 Å². The highest BCUT2D eigenvalue weighted by Crippen LogP contribution is 2.45. The van der Waals surface area contributed by atoms with Gasteiger partial charge in [0.1, 0.15) is 11.2 Å². The minimum atomic E-state index is 0.944. The van der Waals surface area contributed by atoms with Crippen molar-refractivity contribution in [3.05, 3.63) is 127 Å². The van der Waals surface area contributed by atoms with E-state index in [2.05, 4.69) is 132 Å². The summed E-state index contributed by atoms with van der Waals surface area (Å²) in [5.74, 6) is 0. The summed E-state index contributed by atoms with van der Waals surface area (Å²) in [4.78, 5) is 0. The van der Waals surface area contributed by atoms with Crippen LogP contribution in [-0.4, -0.2) is 4.57 Å². The van der Waals surface area contributed by atoms with Crippen molar-refractivity contribution >= 4 is 65.3 Å². The van der Waals surface area contributed by atoms with Gasteiger partial charge in [-0.3, -0.25) is 0 Å². The molecule has 9 rings (SSSR count). The largest absolute Gasteiger partial charge is 0.456 e. The van der Waals surface area contributed by atoms with Crippen LogP contribution in [0.2, 0.25) is 0 Å². The molecule has 0 saturated heterocycles. The Labute approximate surface area is 218 Å². The highest BCUT2D eigenvalue weighted by molar-refractivity contribution is 6.34. The van der Waals surface area contributed by atoms with Crippen LogP contribution in [0.1, 0.15) is 0 Å². The van der Waals surface area contributed by atoms with E-state index in [1.54, 1.807) is 0 Å². The second kappa shape index (κ2) is 7.24. The van der Waals surface area contributed by atoms with Gasteiger partial charge in [0.25, 0.3) is 0 Å². The molecule has 2 heterocycles. The Kier molecular flexibility index (Phi) is 3.82.